The lowest BCUT2D eigenvalue weighted by Gasteiger charge is -2.32. The lowest BCUT2D eigenvalue weighted by atomic mass is 9.79. The molecule has 0 atom stereocenters. The van der Waals surface area contributed by atoms with Gasteiger partial charge >= 0.3 is 7.12 Å². The zero-order valence-electron chi connectivity index (χ0n) is 13.4. The van der Waals surface area contributed by atoms with Gasteiger partial charge in [0, 0.05) is 16.6 Å². The zero-order valence-corrected chi connectivity index (χ0v) is 13.4. The number of halogens is 1. The molecule has 3 nitrogen and oxygen atoms in total. The SMILES string of the molecule is CC(C)(C)c1ccc(B2OC(C)(C)C(C)(C)O2)c(F)n1. The minimum absolute atomic E-state index is 0.185. The Bertz CT molecular complexity index is 507. The summed E-state index contributed by atoms with van der Waals surface area (Å²) in [5.74, 6) is -0.518. The van der Waals surface area contributed by atoms with E-state index in [0.29, 0.717) is 5.46 Å². The van der Waals surface area contributed by atoms with E-state index in [9.17, 15) is 4.39 Å². The van der Waals surface area contributed by atoms with Gasteiger partial charge in [-0.25, -0.2) is 4.98 Å². The number of nitrogens with zero attached hydrogens (tertiary/aromatic N) is 1. The average molecular weight is 279 g/mol. The van der Waals surface area contributed by atoms with Crippen molar-refractivity contribution >= 4 is 12.6 Å². The molecular formula is C15H23BFNO2. The lowest BCUT2D eigenvalue weighted by molar-refractivity contribution is 0.00578. The Hall–Kier alpha value is -0.935. The summed E-state index contributed by atoms with van der Waals surface area (Å²) in [7, 11) is -0.707. The van der Waals surface area contributed by atoms with Gasteiger partial charge < -0.3 is 9.31 Å². The minimum atomic E-state index is -0.707. The molecule has 0 amide bonds. The molecule has 0 saturated carbocycles. The van der Waals surface area contributed by atoms with Crippen LogP contribution in [-0.4, -0.2) is 23.3 Å². The molecule has 1 fully saturated rings. The van der Waals surface area contributed by atoms with Crippen molar-refractivity contribution < 1.29 is 13.7 Å². The highest BCUT2D eigenvalue weighted by atomic mass is 19.1. The topological polar surface area (TPSA) is 31.4 Å². The van der Waals surface area contributed by atoms with E-state index >= 15 is 0 Å². The highest BCUT2D eigenvalue weighted by Gasteiger charge is 2.52. The van der Waals surface area contributed by atoms with Gasteiger partial charge in [0.15, 0.2) is 0 Å². The van der Waals surface area contributed by atoms with E-state index in [1.807, 2.05) is 54.5 Å². The number of hydrogen-bond acceptors (Lipinski definition) is 3. The third-order valence-electron chi connectivity index (χ3n) is 4.15. The number of pyridine rings is 1. The summed E-state index contributed by atoms with van der Waals surface area (Å²) in [5.41, 5.74) is -0.0681. The quantitative estimate of drug-likeness (QED) is 0.585. The van der Waals surface area contributed by atoms with E-state index in [-0.39, 0.29) is 5.41 Å². The van der Waals surface area contributed by atoms with E-state index in [1.54, 1.807) is 6.07 Å². The molecule has 1 aromatic rings. The predicted octanol–water partition coefficient (Wildman–Crippen LogP) is 2.82. The van der Waals surface area contributed by atoms with Crippen molar-refractivity contribution in [3.63, 3.8) is 0 Å². The zero-order chi connectivity index (χ0) is 15.3. The summed E-state index contributed by atoms with van der Waals surface area (Å²) in [6.07, 6.45) is 0. The first-order valence-electron chi connectivity index (χ1n) is 6.97. The molecule has 2 rings (SSSR count). The van der Waals surface area contributed by atoms with Gasteiger partial charge in [-0.05, 0) is 33.8 Å². The molecule has 2 heterocycles. The van der Waals surface area contributed by atoms with Crippen LogP contribution in [0.1, 0.15) is 54.2 Å². The Morgan fingerprint density at radius 2 is 1.55 bits per heavy atom. The van der Waals surface area contributed by atoms with Gasteiger partial charge in [-0.2, -0.15) is 4.39 Å². The van der Waals surface area contributed by atoms with E-state index < -0.39 is 24.3 Å². The number of aromatic nitrogens is 1. The molecule has 5 heteroatoms. The molecule has 0 bridgehead atoms. The first-order valence-corrected chi connectivity index (χ1v) is 6.97. The van der Waals surface area contributed by atoms with Crippen LogP contribution < -0.4 is 5.46 Å². The molecule has 0 N–H and O–H groups in total. The van der Waals surface area contributed by atoms with Gasteiger partial charge in [0.1, 0.15) is 0 Å². The van der Waals surface area contributed by atoms with Crippen LogP contribution in [0, 0.1) is 5.95 Å². The van der Waals surface area contributed by atoms with E-state index in [1.165, 1.54) is 0 Å². The molecule has 0 aliphatic carbocycles. The van der Waals surface area contributed by atoms with Gasteiger partial charge in [-0.1, -0.05) is 26.8 Å². The second kappa shape index (κ2) is 4.53. The summed E-state index contributed by atoms with van der Waals surface area (Å²) in [6, 6.07) is 3.55. The Morgan fingerprint density at radius 1 is 1.05 bits per heavy atom. The van der Waals surface area contributed by atoms with Crippen LogP contribution in [0.5, 0.6) is 0 Å². The van der Waals surface area contributed by atoms with Crippen molar-refractivity contribution in [3.05, 3.63) is 23.8 Å². The fraction of sp³-hybridized carbons (Fsp3) is 0.667. The smallest absolute Gasteiger partial charge is 0.399 e. The first kappa shape index (κ1) is 15.5. The van der Waals surface area contributed by atoms with E-state index in [0.717, 1.165) is 5.69 Å². The van der Waals surface area contributed by atoms with Crippen LogP contribution in [0.25, 0.3) is 0 Å². The summed E-state index contributed by atoms with van der Waals surface area (Å²) in [4.78, 5) is 4.06. The van der Waals surface area contributed by atoms with Crippen LogP contribution >= 0.6 is 0 Å². The molecule has 110 valence electrons. The Balaban J connectivity index is 2.33. The molecular weight excluding hydrogens is 256 g/mol. The van der Waals surface area contributed by atoms with Crippen LogP contribution in [0.2, 0.25) is 0 Å². The van der Waals surface area contributed by atoms with Crippen LogP contribution in [0.15, 0.2) is 12.1 Å². The van der Waals surface area contributed by atoms with Crippen LogP contribution in [0.4, 0.5) is 4.39 Å². The van der Waals surface area contributed by atoms with Gasteiger partial charge in [-0.15, -0.1) is 0 Å². The maximum Gasteiger partial charge on any atom is 0.499 e. The molecule has 0 unspecified atom stereocenters. The predicted molar refractivity (Wildman–Crippen MR) is 78.6 cm³/mol. The van der Waals surface area contributed by atoms with Crippen LogP contribution in [-0.2, 0) is 14.7 Å². The van der Waals surface area contributed by atoms with Gasteiger partial charge in [-0.3, -0.25) is 0 Å². The molecule has 1 aliphatic rings. The van der Waals surface area contributed by atoms with Gasteiger partial charge in [0.2, 0.25) is 5.95 Å². The fourth-order valence-corrected chi connectivity index (χ4v) is 2.01. The minimum Gasteiger partial charge on any atom is -0.399 e. The maximum atomic E-state index is 14.3. The highest BCUT2D eigenvalue weighted by Crippen LogP contribution is 2.36. The molecule has 1 saturated heterocycles. The molecule has 0 spiro atoms. The van der Waals surface area contributed by atoms with Gasteiger partial charge in [0.25, 0.3) is 0 Å². The van der Waals surface area contributed by atoms with Crippen molar-refractivity contribution in [1.29, 1.82) is 0 Å². The van der Waals surface area contributed by atoms with E-state index in [4.69, 9.17) is 9.31 Å². The van der Waals surface area contributed by atoms with Gasteiger partial charge in [0.05, 0.1) is 11.2 Å². The largest absolute Gasteiger partial charge is 0.499 e. The molecule has 1 aliphatic heterocycles. The summed E-state index contributed by atoms with van der Waals surface area (Å²) < 4.78 is 26.0. The Kier molecular flexibility index (Phi) is 3.50. The maximum absolute atomic E-state index is 14.3. The summed E-state index contributed by atoms with van der Waals surface area (Å²) >= 11 is 0. The molecule has 20 heavy (non-hydrogen) atoms. The number of rotatable bonds is 1. The second-order valence-electron chi connectivity index (χ2n) is 7.41. The average Bonchev–Trinajstić information content (AvgIpc) is 2.46. The summed E-state index contributed by atoms with van der Waals surface area (Å²) in [5, 5.41) is 0. The molecule has 0 aromatic carbocycles. The normalized spacial score (nSPS) is 21.3. The van der Waals surface area contributed by atoms with Crippen molar-refractivity contribution in [1.82, 2.24) is 4.98 Å². The monoisotopic (exact) mass is 279 g/mol. The Labute approximate surface area is 121 Å². The van der Waals surface area contributed by atoms with Crippen molar-refractivity contribution in [2.75, 3.05) is 0 Å². The second-order valence-corrected chi connectivity index (χ2v) is 7.41. The Morgan fingerprint density at radius 3 is 1.95 bits per heavy atom. The highest BCUT2D eigenvalue weighted by molar-refractivity contribution is 6.62. The summed E-state index contributed by atoms with van der Waals surface area (Å²) in [6.45, 7) is 13.8. The van der Waals surface area contributed by atoms with Crippen LogP contribution in [0.3, 0.4) is 0 Å². The van der Waals surface area contributed by atoms with E-state index in [2.05, 4.69) is 4.98 Å². The molecule has 0 radical (unpaired) electrons. The third kappa shape index (κ3) is 2.61. The number of hydrogen-bond donors (Lipinski definition) is 0. The molecule has 1 aromatic heterocycles. The lowest BCUT2D eigenvalue weighted by Crippen LogP contribution is -2.41. The first-order chi connectivity index (χ1) is 8.94. The van der Waals surface area contributed by atoms with Crippen molar-refractivity contribution in [3.8, 4) is 0 Å². The standard InChI is InChI=1S/C15H23BFNO2/c1-13(2,3)11-9-8-10(12(17)18-11)16-19-14(4,5)15(6,7)20-16/h8-9H,1-7H3. The van der Waals surface area contributed by atoms with Crippen molar-refractivity contribution in [2.45, 2.75) is 65.1 Å². The fourth-order valence-electron chi connectivity index (χ4n) is 2.01. The third-order valence-corrected chi connectivity index (χ3v) is 4.15. The van der Waals surface area contributed by atoms with Crippen molar-refractivity contribution in [2.24, 2.45) is 0 Å².